The minimum atomic E-state index is -0.314. The van der Waals surface area contributed by atoms with Gasteiger partial charge in [0.1, 0.15) is 5.75 Å². The van der Waals surface area contributed by atoms with E-state index in [1.165, 1.54) is 0 Å². The van der Waals surface area contributed by atoms with Gasteiger partial charge in [-0.25, -0.2) is 0 Å². The Hall–Kier alpha value is -2.53. The highest BCUT2D eigenvalue weighted by Gasteiger charge is 2.08. The molecule has 5 nitrogen and oxygen atoms in total. The van der Waals surface area contributed by atoms with Crippen LogP contribution in [0.25, 0.3) is 0 Å². The van der Waals surface area contributed by atoms with E-state index >= 15 is 0 Å². The average molecular weight is 361 g/mol. The third-order valence-corrected chi connectivity index (χ3v) is 3.67. The van der Waals surface area contributed by atoms with Crippen molar-refractivity contribution in [2.45, 2.75) is 19.8 Å². The molecule has 0 heterocycles. The van der Waals surface area contributed by atoms with Crippen LogP contribution in [0.4, 0.5) is 5.69 Å². The first-order chi connectivity index (χ1) is 12.1. The number of ether oxygens (including phenoxy) is 1. The Morgan fingerprint density at radius 2 is 1.72 bits per heavy atom. The lowest BCUT2D eigenvalue weighted by Gasteiger charge is -2.08. The molecule has 2 N–H and O–H groups in total. The highest BCUT2D eigenvalue weighted by Crippen LogP contribution is 2.14. The fourth-order valence-corrected chi connectivity index (χ4v) is 2.16. The van der Waals surface area contributed by atoms with Gasteiger partial charge in [-0.3, -0.25) is 9.59 Å². The molecule has 0 saturated heterocycles. The zero-order chi connectivity index (χ0) is 18.1. The van der Waals surface area contributed by atoms with Gasteiger partial charge in [-0.05, 0) is 55.0 Å². The molecule has 0 radical (unpaired) electrons. The zero-order valence-electron chi connectivity index (χ0n) is 14.0. The Morgan fingerprint density at radius 3 is 2.36 bits per heavy atom. The molecule has 2 aromatic carbocycles. The Labute approximate surface area is 152 Å². The predicted octanol–water partition coefficient (Wildman–Crippen LogP) is 3.89. The van der Waals surface area contributed by atoms with Crippen LogP contribution in [-0.2, 0) is 4.79 Å². The number of carbonyl (C=O) groups is 2. The van der Waals surface area contributed by atoms with Gasteiger partial charge in [0.2, 0.25) is 5.91 Å². The van der Waals surface area contributed by atoms with Crippen molar-refractivity contribution in [3.63, 3.8) is 0 Å². The average Bonchev–Trinajstić information content (AvgIpc) is 2.62. The molecule has 2 aromatic rings. The van der Waals surface area contributed by atoms with E-state index in [1.54, 1.807) is 48.5 Å². The molecule has 0 atom stereocenters. The highest BCUT2D eigenvalue weighted by molar-refractivity contribution is 6.30. The normalized spacial score (nSPS) is 10.2. The standard InChI is InChI=1S/C19H21ClN2O3/c1-2-3-12-25-17-10-4-14(5-11-17)19(24)21-13-18(23)22-16-8-6-15(20)7-9-16/h4-11H,2-3,12-13H2,1H3,(H,21,24)(H,22,23). The van der Waals surface area contributed by atoms with Crippen LogP contribution < -0.4 is 15.4 Å². The zero-order valence-corrected chi connectivity index (χ0v) is 14.8. The second-order valence-electron chi connectivity index (χ2n) is 5.46. The summed E-state index contributed by atoms with van der Waals surface area (Å²) in [7, 11) is 0. The smallest absolute Gasteiger partial charge is 0.251 e. The lowest BCUT2D eigenvalue weighted by molar-refractivity contribution is -0.115. The van der Waals surface area contributed by atoms with E-state index in [9.17, 15) is 9.59 Å². The first-order valence-corrected chi connectivity index (χ1v) is 8.52. The number of nitrogens with one attached hydrogen (secondary N) is 2. The number of amides is 2. The molecular weight excluding hydrogens is 340 g/mol. The maximum Gasteiger partial charge on any atom is 0.251 e. The maximum atomic E-state index is 12.1. The molecule has 25 heavy (non-hydrogen) atoms. The van der Waals surface area contributed by atoms with E-state index in [0.29, 0.717) is 22.9 Å². The second-order valence-corrected chi connectivity index (χ2v) is 5.90. The van der Waals surface area contributed by atoms with Crippen molar-refractivity contribution in [2.24, 2.45) is 0 Å². The molecular formula is C19H21ClN2O3. The highest BCUT2D eigenvalue weighted by atomic mass is 35.5. The van der Waals surface area contributed by atoms with Crippen LogP contribution in [0.3, 0.4) is 0 Å². The first kappa shape index (κ1) is 18.8. The molecule has 0 bridgehead atoms. The van der Waals surface area contributed by atoms with E-state index in [0.717, 1.165) is 18.6 Å². The quantitative estimate of drug-likeness (QED) is 0.702. The largest absolute Gasteiger partial charge is 0.494 e. The number of hydrogen-bond donors (Lipinski definition) is 2. The van der Waals surface area contributed by atoms with Crippen LogP contribution in [-0.4, -0.2) is 25.0 Å². The number of carbonyl (C=O) groups excluding carboxylic acids is 2. The fraction of sp³-hybridized carbons (Fsp3) is 0.263. The minimum absolute atomic E-state index is 0.115. The van der Waals surface area contributed by atoms with Crippen molar-refractivity contribution in [2.75, 3.05) is 18.5 Å². The summed E-state index contributed by atoms with van der Waals surface area (Å²) in [6, 6.07) is 13.6. The second kappa shape index (κ2) is 9.69. The summed E-state index contributed by atoms with van der Waals surface area (Å²) in [5.74, 6) is 0.104. The SMILES string of the molecule is CCCCOc1ccc(C(=O)NCC(=O)Nc2ccc(Cl)cc2)cc1. The molecule has 0 saturated carbocycles. The summed E-state index contributed by atoms with van der Waals surface area (Å²) in [6.07, 6.45) is 2.06. The Morgan fingerprint density at radius 1 is 1.04 bits per heavy atom. The van der Waals surface area contributed by atoms with Gasteiger partial charge >= 0.3 is 0 Å². The number of unbranched alkanes of at least 4 members (excludes halogenated alkanes) is 1. The van der Waals surface area contributed by atoms with Crippen molar-refractivity contribution in [1.29, 1.82) is 0 Å². The number of halogens is 1. The Balaban J connectivity index is 1.79. The third kappa shape index (κ3) is 6.47. The summed E-state index contributed by atoms with van der Waals surface area (Å²) < 4.78 is 5.55. The van der Waals surface area contributed by atoms with E-state index in [-0.39, 0.29) is 18.4 Å². The number of benzene rings is 2. The van der Waals surface area contributed by atoms with E-state index in [1.807, 2.05) is 0 Å². The fourth-order valence-electron chi connectivity index (χ4n) is 2.04. The summed E-state index contributed by atoms with van der Waals surface area (Å²) in [5, 5.41) is 5.86. The topological polar surface area (TPSA) is 67.4 Å². The Bertz CT molecular complexity index is 700. The van der Waals surface area contributed by atoms with Crippen molar-refractivity contribution in [3.05, 3.63) is 59.1 Å². The summed E-state index contributed by atoms with van der Waals surface area (Å²) in [6.45, 7) is 2.64. The summed E-state index contributed by atoms with van der Waals surface area (Å²) >= 11 is 5.79. The molecule has 0 aliphatic carbocycles. The van der Waals surface area contributed by atoms with Crippen molar-refractivity contribution in [1.82, 2.24) is 5.32 Å². The van der Waals surface area contributed by atoms with Gasteiger partial charge in [0.25, 0.3) is 5.91 Å². The van der Waals surface area contributed by atoms with Gasteiger partial charge < -0.3 is 15.4 Å². The molecule has 0 aliphatic rings. The molecule has 0 unspecified atom stereocenters. The number of rotatable bonds is 8. The van der Waals surface area contributed by atoms with Crippen molar-refractivity contribution in [3.8, 4) is 5.75 Å². The van der Waals surface area contributed by atoms with Crippen LogP contribution in [0.15, 0.2) is 48.5 Å². The molecule has 0 spiro atoms. The molecule has 0 aliphatic heterocycles. The molecule has 0 aromatic heterocycles. The lowest BCUT2D eigenvalue weighted by atomic mass is 10.2. The molecule has 2 amide bonds. The predicted molar refractivity (Wildman–Crippen MR) is 99.3 cm³/mol. The lowest BCUT2D eigenvalue weighted by Crippen LogP contribution is -2.32. The van der Waals surface area contributed by atoms with Gasteiger partial charge in [0.15, 0.2) is 0 Å². The van der Waals surface area contributed by atoms with E-state index in [2.05, 4.69) is 17.6 Å². The van der Waals surface area contributed by atoms with Gasteiger partial charge in [0, 0.05) is 16.3 Å². The molecule has 0 fully saturated rings. The van der Waals surface area contributed by atoms with Gasteiger partial charge in [-0.2, -0.15) is 0 Å². The van der Waals surface area contributed by atoms with Crippen LogP contribution in [0.2, 0.25) is 5.02 Å². The first-order valence-electron chi connectivity index (χ1n) is 8.15. The maximum absolute atomic E-state index is 12.1. The van der Waals surface area contributed by atoms with Crippen molar-refractivity contribution < 1.29 is 14.3 Å². The molecule has 132 valence electrons. The van der Waals surface area contributed by atoms with Gasteiger partial charge in [0.05, 0.1) is 13.2 Å². The van der Waals surface area contributed by atoms with E-state index in [4.69, 9.17) is 16.3 Å². The molecule has 6 heteroatoms. The number of anilines is 1. The summed E-state index contributed by atoms with van der Waals surface area (Å²) in [5.41, 5.74) is 1.10. The number of hydrogen-bond acceptors (Lipinski definition) is 3. The van der Waals surface area contributed by atoms with E-state index < -0.39 is 0 Å². The Kier molecular flexibility index (Phi) is 7.29. The van der Waals surface area contributed by atoms with Gasteiger partial charge in [-0.15, -0.1) is 0 Å². The van der Waals surface area contributed by atoms with Crippen LogP contribution in [0.5, 0.6) is 5.75 Å². The van der Waals surface area contributed by atoms with Crippen LogP contribution in [0.1, 0.15) is 30.1 Å². The monoisotopic (exact) mass is 360 g/mol. The van der Waals surface area contributed by atoms with Crippen molar-refractivity contribution >= 4 is 29.1 Å². The minimum Gasteiger partial charge on any atom is -0.494 e. The summed E-state index contributed by atoms with van der Waals surface area (Å²) in [4.78, 5) is 23.9. The molecule has 2 rings (SSSR count). The van der Waals surface area contributed by atoms with Crippen LogP contribution in [0, 0.1) is 0 Å². The van der Waals surface area contributed by atoms with Gasteiger partial charge in [-0.1, -0.05) is 24.9 Å². The van der Waals surface area contributed by atoms with Crippen LogP contribution >= 0.6 is 11.6 Å². The third-order valence-electron chi connectivity index (χ3n) is 3.42.